The molecule has 0 bridgehead atoms. The quantitative estimate of drug-likeness (QED) is 0.765. The summed E-state index contributed by atoms with van der Waals surface area (Å²) in [5.41, 5.74) is 1.34. The van der Waals surface area contributed by atoms with Crippen LogP contribution in [0.4, 0.5) is 5.69 Å². The van der Waals surface area contributed by atoms with Crippen molar-refractivity contribution in [1.82, 2.24) is 14.8 Å². The maximum Gasteiger partial charge on any atom is 0.240 e. The molecule has 0 saturated heterocycles. The highest BCUT2D eigenvalue weighted by Gasteiger charge is 2.25. The molecule has 1 atom stereocenters. The van der Waals surface area contributed by atoms with Crippen LogP contribution in [0.2, 0.25) is 5.15 Å². The molecule has 0 aromatic carbocycles. The molecule has 1 unspecified atom stereocenters. The van der Waals surface area contributed by atoms with Gasteiger partial charge in [0, 0.05) is 19.9 Å². The molecule has 0 aliphatic heterocycles. The first-order valence-electron chi connectivity index (χ1n) is 7.07. The average Bonchev–Trinajstić information content (AvgIpc) is 2.97. The lowest BCUT2D eigenvalue weighted by Crippen LogP contribution is -2.38. The van der Waals surface area contributed by atoms with Gasteiger partial charge in [0.2, 0.25) is 5.91 Å². The van der Waals surface area contributed by atoms with E-state index in [4.69, 9.17) is 16.3 Å². The van der Waals surface area contributed by atoms with E-state index >= 15 is 0 Å². The lowest BCUT2D eigenvalue weighted by atomic mass is 10.3. The second kappa shape index (κ2) is 8.33. The van der Waals surface area contributed by atoms with E-state index in [2.05, 4.69) is 10.1 Å². The molecule has 6 nitrogen and oxygen atoms in total. The van der Waals surface area contributed by atoms with Crippen LogP contribution >= 0.6 is 23.4 Å². The highest BCUT2D eigenvalue weighted by Crippen LogP contribution is 2.27. The third kappa shape index (κ3) is 4.25. The van der Waals surface area contributed by atoms with E-state index in [0.29, 0.717) is 18.8 Å². The summed E-state index contributed by atoms with van der Waals surface area (Å²) >= 11 is 7.75. The number of halogens is 1. The Bertz CT molecular complexity index is 650. The van der Waals surface area contributed by atoms with Crippen molar-refractivity contribution in [1.29, 1.82) is 0 Å². The highest BCUT2D eigenvalue weighted by atomic mass is 35.5. The Morgan fingerprint density at radius 2 is 2.35 bits per heavy atom. The number of rotatable bonds is 7. The van der Waals surface area contributed by atoms with Gasteiger partial charge in [-0.15, -0.1) is 0 Å². The maximum atomic E-state index is 12.6. The molecule has 0 N–H and O–H groups in total. The molecule has 0 fully saturated rings. The number of nitrogens with zero attached hydrogens (tertiary/aromatic N) is 4. The van der Waals surface area contributed by atoms with Crippen LogP contribution in [0.15, 0.2) is 30.7 Å². The van der Waals surface area contributed by atoms with Gasteiger partial charge in [-0.2, -0.15) is 16.9 Å². The van der Waals surface area contributed by atoms with Crippen molar-refractivity contribution in [2.24, 2.45) is 0 Å². The zero-order valence-electron chi connectivity index (χ0n) is 13.3. The summed E-state index contributed by atoms with van der Waals surface area (Å²) in [7, 11) is 1.60. The molecule has 0 spiro atoms. The molecule has 0 radical (unpaired) electrons. The summed E-state index contributed by atoms with van der Waals surface area (Å²) in [6, 6.07) is 3.68. The van der Waals surface area contributed by atoms with Gasteiger partial charge in [-0.1, -0.05) is 11.6 Å². The van der Waals surface area contributed by atoms with E-state index in [0.717, 1.165) is 5.69 Å². The number of hydrogen-bond acceptors (Lipinski definition) is 5. The minimum absolute atomic E-state index is 0.0258. The minimum atomic E-state index is -0.176. The van der Waals surface area contributed by atoms with Crippen molar-refractivity contribution in [3.05, 3.63) is 35.9 Å². The van der Waals surface area contributed by atoms with Gasteiger partial charge in [-0.05, 0) is 25.3 Å². The lowest BCUT2D eigenvalue weighted by Gasteiger charge is -2.23. The molecule has 2 aromatic heterocycles. The number of methoxy groups -OCH3 is 1. The van der Waals surface area contributed by atoms with E-state index in [9.17, 15) is 4.79 Å². The number of carbonyl (C=O) groups excluding carboxylic acids is 1. The number of amides is 1. The van der Waals surface area contributed by atoms with Crippen LogP contribution in [-0.4, -0.2) is 52.4 Å². The van der Waals surface area contributed by atoms with Gasteiger partial charge in [0.1, 0.15) is 5.69 Å². The van der Waals surface area contributed by atoms with Crippen molar-refractivity contribution in [2.45, 2.75) is 12.2 Å². The summed E-state index contributed by atoms with van der Waals surface area (Å²) in [5, 5.41) is 4.37. The molecule has 2 heterocycles. The largest absolute Gasteiger partial charge is 0.383 e. The maximum absolute atomic E-state index is 12.6. The summed E-state index contributed by atoms with van der Waals surface area (Å²) in [4.78, 5) is 18.3. The fraction of sp³-hybridized carbons (Fsp3) is 0.400. The fourth-order valence-corrected chi connectivity index (χ4v) is 2.56. The molecule has 2 rings (SSSR count). The Hall–Kier alpha value is -1.57. The van der Waals surface area contributed by atoms with E-state index in [1.807, 2.05) is 25.3 Å². The van der Waals surface area contributed by atoms with Gasteiger partial charge in [-0.25, -0.2) is 4.68 Å². The zero-order valence-corrected chi connectivity index (χ0v) is 14.8. The van der Waals surface area contributed by atoms with Gasteiger partial charge < -0.3 is 9.64 Å². The van der Waals surface area contributed by atoms with Crippen LogP contribution in [0.25, 0.3) is 5.69 Å². The molecular weight excluding hydrogens is 336 g/mol. The number of carbonyl (C=O) groups is 1. The predicted octanol–water partition coefficient (Wildman–Crippen LogP) is 2.65. The molecule has 0 aliphatic rings. The first kappa shape index (κ1) is 17.8. The summed E-state index contributed by atoms with van der Waals surface area (Å²) in [6.07, 6.45) is 7.00. The summed E-state index contributed by atoms with van der Waals surface area (Å²) in [6.45, 7) is 2.70. The second-order valence-electron chi connectivity index (χ2n) is 4.82. The van der Waals surface area contributed by atoms with Gasteiger partial charge in [0.15, 0.2) is 5.15 Å². The van der Waals surface area contributed by atoms with Crippen molar-refractivity contribution in [3.63, 3.8) is 0 Å². The topological polar surface area (TPSA) is 60.2 Å². The zero-order chi connectivity index (χ0) is 16.8. The van der Waals surface area contributed by atoms with Crippen molar-refractivity contribution >= 4 is 35.0 Å². The first-order valence-corrected chi connectivity index (χ1v) is 8.73. The third-order valence-corrected chi connectivity index (χ3v) is 4.52. The van der Waals surface area contributed by atoms with Crippen LogP contribution in [0.5, 0.6) is 0 Å². The molecule has 124 valence electrons. The molecule has 0 aliphatic carbocycles. The molecule has 2 aromatic rings. The van der Waals surface area contributed by atoms with Crippen molar-refractivity contribution in [3.8, 4) is 5.69 Å². The lowest BCUT2D eigenvalue weighted by molar-refractivity contribution is -0.118. The summed E-state index contributed by atoms with van der Waals surface area (Å²) in [5.74, 6) is -0.0258. The van der Waals surface area contributed by atoms with Crippen molar-refractivity contribution in [2.75, 3.05) is 31.4 Å². The Morgan fingerprint density at radius 3 is 2.96 bits per heavy atom. The Balaban J connectivity index is 2.35. The predicted molar refractivity (Wildman–Crippen MR) is 93.6 cm³/mol. The van der Waals surface area contributed by atoms with E-state index in [1.54, 1.807) is 35.3 Å². The standard InChI is InChI=1S/C15H19ClN4O2S/c1-11(23-3)15(21)19(7-8-22-2)13-10-20(18-14(13)16)12-5-4-6-17-9-12/h4-6,9-11H,7-8H2,1-3H3. The number of anilines is 1. The highest BCUT2D eigenvalue weighted by molar-refractivity contribution is 7.99. The van der Waals surface area contributed by atoms with Crippen LogP contribution in [0, 0.1) is 0 Å². The van der Waals surface area contributed by atoms with E-state index in [1.165, 1.54) is 11.8 Å². The van der Waals surface area contributed by atoms with Gasteiger partial charge in [0.25, 0.3) is 0 Å². The average molecular weight is 355 g/mol. The summed E-state index contributed by atoms with van der Waals surface area (Å²) < 4.78 is 6.72. The fourth-order valence-electron chi connectivity index (χ4n) is 2.00. The molecule has 1 amide bonds. The van der Waals surface area contributed by atoms with Crippen LogP contribution < -0.4 is 4.90 Å². The van der Waals surface area contributed by atoms with Crippen LogP contribution in [0.3, 0.4) is 0 Å². The molecule has 8 heteroatoms. The van der Waals surface area contributed by atoms with E-state index < -0.39 is 0 Å². The number of aromatic nitrogens is 3. The molecule has 0 saturated carbocycles. The number of pyridine rings is 1. The first-order chi connectivity index (χ1) is 11.1. The Labute approximate surface area is 144 Å². The minimum Gasteiger partial charge on any atom is -0.383 e. The van der Waals surface area contributed by atoms with Gasteiger partial charge in [0.05, 0.1) is 29.9 Å². The van der Waals surface area contributed by atoms with Gasteiger partial charge in [-0.3, -0.25) is 9.78 Å². The number of hydrogen-bond donors (Lipinski definition) is 0. The van der Waals surface area contributed by atoms with Crippen LogP contribution in [-0.2, 0) is 9.53 Å². The SMILES string of the molecule is COCCN(C(=O)C(C)SC)c1cn(-c2cccnc2)nc1Cl. The Morgan fingerprint density at radius 1 is 1.57 bits per heavy atom. The van der Waals surface area contributed by atoms with Crippen molar-refractivity contribution < 1.29 is 9.53 Å². The molecular formula is C15H19ClN4O2S. The third-order valence-electron chi connectivity index (χ3n) is 3.34. The molecule has 23 heavy (non-hydrogen) atoms. The monoisotopic (exact) mass is 354 g/mol. The van der Waals surface area contributed by atoms with E-state index in [-0.39, 0.29) is 16.3 Å². The Kier molecular flexibility index (Phi) is 6.44. The van der Waals surface area contributed by atoms with Crippen LogP contribution in [0.1, 0.15) is 6.92 Å². The number of thioether (sulfide) groups is 1. The second-order valence-corrected chi connectivity index (χ2v) is 6.36. The number of ether oxygens (including phenoxy) is 1. The normalized spacial score (nSPS) is 12.2. The van der Waals surface area contributed by atoms with Gasteiger partial charge >= 0.3 is 0 Å². The smallest absolute Gasteiger partial charge is 0.240 e.